The van der Waals surface area contributed by atoms with Crippen molar-refractivity contribution in [1.29, 1.82) is 0 Å². The van der Waals surface area contributed by atoms with Gasteiger partial charge in [-0.25, -0.2) is 4.39 Å². The molecule has 106 valence electrons. The fourth-order valence-electron chi connectivity index (χ4n) is 2.04. The Morgan fingerprint density at radius 1 is 1.10 bits per heavy atom. The fourth-order valence-corrected chi connectivity index (χ4v) is 2.04. The number of aliphatic hydroxyl groups excluding tert-OH is 1. The number of benzene rings is 2. The first kappa shape index (κ1) is 14.3. The van der Waals surface area contributed by atoms with E-state index in [1.165, 1.54) is 12.1 Å². The van der Waals surface area contributed by atoms with Crippen LogP contribution in [0, 0.1) is 5.82 Å². The Morgan fingerprint density at radius 2 is 1.80 bits per heavy atom. The first-order valence-corrected chi connectivity index (χ1v) is 6.37. The number of halogens is 1. The standard InChI is InChI=1S/C16H18FNO2/c1-18(10-12-3-5-16(20-2)6-4-12)15-8-13(11-19)7-14(17)9-15/h3-9,19H,10-11H2,1-2H3. The highest BCUT2D eigenvalue weighted by molar-refractivity contribution is 5.49. The zero-order chi connectivity index (χ0) is 14.5. The lowest BCUT2D eigenvalue weighted by molar-refractivity contribution is 0.281. The van der Waals surface area contributed by atoms with Crippen LogP contribution in [-0.2, 0) is 13.2 Å². The summed E-state index contributed by atoms with van der Waals surface area (Å²) in [6.45, 7) is 0.486. The molecule has 3 nitrogen and oxygen atoms in total. The van der Waals surface area contributed by atoms with E-state index in [2.05, 4.69) is 0 Å². The summed E-state index contributed by atoms with van der Waals surface area (Å²) >= 11 is 0. The van der Waals surface area contributed by atoms with Crippen molar-refractivity contribution in [3.63, 3.8) is 0 Å². The van der Waals surface area contributed by atoms with E-state index < -0.39 is 0 Å². The van der Waals surface area contributed by atoms with E-state index in [4.69, 9.17) is 9.84 Å². The van der Waals surface area contributed by atoms with Crippen molar-refractivity contribution in [1.82, 2.24) is 0 Å². The van der Waals surface area contributed by atoms with E-state index in [1.54, 1.807) is 13.2 Å². The lowest BCUT2D eigenvalue weighted by Gasteiger charge is -2.20. The van der Waals surface area contributed by atoms with Crippen LogP contribution in [0.1, 0.15) is 11.1 Å². The molecular formula is C16H18FNO2. The van der Waals surface area contributed by atoms with E-state index >= 15 is 0 Å². The van der Waals surface area contributed by atoms with Crippen molar-refractivity contribution in [3.8, 4) is 5.75 Å². The zero-order valence-electron chi connectivity index (χ0n) is 11.6. The number of anilines is 1. The average molecular weight is 275 g/mol. The smallest absolute Gasteiger partial charge is 0.125 e. The molecule has 20 heavy (non-hydrogen) atoms. The molecule has 0 aliphatic carbocycles. The van der Waals surface area contributed by atoms with Crippen LogP contribution >= 0.6 is 0 Å². The summed E-state index contributed by atoms with van der Waals surface area (Å²) in [4.78, 5) is 1.93. The van der Waals surface area contributed by atoms with Crippen LogP contribution in [0.2, 0.25) is 0 Å². The summed E-state index contributed by atoms with van der Waals surface area (Å²) in [7, 11) is 3.52. The Bertz CT molecular complexity index is 569. The molecule has 0 fully saturated rings. The number of nitrogens with zero attached hydrogens (tertiary/aromatic N) is 1. The minimum Gasteiger partial charge on any atom is -0.497 e. The lowest BCUT2D eigenvalue weighted by Crippen LogP contribution is -2.16. The second-order valence-corrected chi connectivity index (χ2v) is 4.68. The van der Waals surface area contributed by atoms with Gasteiger partial charge in [-0.15, -0.1) is 0 Å². The molecule has 0 atom stereocenters. The van der Waals surface area contributed by atoms with Crippen LogP contribution in [0.15, 0.2) is 42.5 Å². The van der Waals surface area contributed by atoms with Crippen LogP contribution in [0.5, 0.6) is 5.75 Å². The Hall–Kier alpha value is -2.07. The van der Waals surface area contributed by atoms with Gasteiger partial charge < -0.3 is 14.7 Å². The number of aliphatic hydroxyl groups is 1. The first-order valence-electron chi connectivity index (χ1n) is 6.37. The SMILES string of the molecule is COc1ccc(CN(C)c2cc(F)cc(CO)c2)cc1. The van der Waals surface area contributed by atoms with Gasteiger partial charge in [0.25, 0.3) is 0 Å². The second-order valence-electron chi connectivity index (χ2n) is 4.68. The van der Waals surface area contributed by atoms with Gasteiger partial charge in [0.15, 0.2) is 0 Å². The largest absolute Gasteiger partial charge is 0.497 e. The van der Waals surface area contributed by atoms with Crippen LogP contribution in [0.25, 0.3) is 0 Å². The Kier molecular flexibility index (Phi) is 4.58. The quantitative estimate of drug-likeness (QED) is 0.910. The molecule has 0 unspecified atom stereocenters. The van der Waals surface area contributed by atoms with Crippen molar-refractivity contribution >= 4 is 5.69 Å². The van der Waals surface area contributed by atoms with Gasteiger partial charge in [-0.2, -0.15) is 0 Å². The zero-order valence-corrected chi connectivity index (χ0v) is 11.6. The highest BCUT2D eigenvalue weighted by atomic mass is 19.1. The molecule has 2 rings (SSSR count). The van der Waals surface area contributed by atoms with Crippen molar-refractivity contribution in [2.24, 2.45) is 0 Å². The lowest BCUT2D eigenvalue weighted by atomic mass is 10.1. The molecule has 0 amide bonds. The van der Waals surface area contributed by atoms with Gasteiger partial charge in [0.1, 0.15) is 11.6 Å². The van der Waals surface area contributed by atoms with Crippen molar-refractivity contribution in [2.75, 3.05) is 19.1 Å². The summed E-state index contributed by atoms with van der Waals surface area (Å²) in [5.74, 6) is 0.470. The van der Waals surface area contributed by atoms with Crippen LogP contribution in [0.4, 0.5) is 10.1 Å². The highest BCUT2D eigenvalue weighted by Gasteiger charge is 2.06. The summed E-state index contributed by atoms with van der Waals surface area (Å²) in [6, 6.07) is 12.3. The predicted octanol–water partition coefficient (Wildman–Crippen LogP) is 2.96. The number of hydrogen-bond donors (Lipinski definition) is 1. The molecule has 2 aromatic carbocycles. The van der Waals surface area contributed by atoms with Crippen molar-refractivity contribution in [2.45, 2.75) is 13.2 Å². The fraction of sp³-hybridized carbons (Fsp3) is 0.250. The maximum absolute atomic E-state index is 13.5. The van der Waals surface area contributed by atoms with Crippen LogP contribution in [0.3, 0.4) is 0 Å². The van der Waals surface area contributed by atoms with E-state index in [1.807, 2.05) is 36.2 Å². The maximum atomic E-state index is 13.5. The molecule has 0 saturated heterocycles. The highest BCUT2D eigenvalue weighted by Crippen LogP contribution is 2.20. The molecule has 2 aromatic rings. The summed E-state index contributed by atoms with van der Waals surface area (Å²) < 4.78 is 18.6. The Balaban J connectivity index is 2.14. The first-order chi connectivity index (χ1) is 9.62. The predicted molar refractivity (Wildman–Crippen MR) is 77.4 cm³/mol. The van der Waals surface area contributed by atoms with E-state index in [9.17, 15) is 4.39 Å². The van der Waals surface area contributed by atoms with Gasteiger partial charge in [0, 0.05) is 19.3 Å². The van der Waals surface area contributed by atoms with Gasteiger partial charge in [0.2, 0.25) is 0 Å². The Labute approximate surface area is 118 Å². The normalized spacial score (nSPS) is 10.4. The van der Waals surface area contributed by atoms with Crippen LogP contribution in [-0.4, -0.2) is 19.3 Å². The topological polar surface area (TPSA) is 32.7 Å². The third-order valence-corrected chi connectivity index (χ3v) is 3.14. The number of ether oxygens (including phenoxy) is 1. The maximum Gasteiger partial charge on any atom is 0.125 e. The minimum absolute atomic E-state index is 0.166. The Morgan fingerprint density at radius 3 is 2.40 bits per heavy atom. The average Bonchev–Trinajstić information content (AvgIpc) is 2.47. The third-order valence-electron chi connectivity index (χ3n) is 3.14. The van der Waals surface area contributed by atoms with Gasteiger partial charge in [-0.3, -0.25) is 0 Å². The molecule has 0 saturated carbocycles. The monoisotopic (exact) mass is 275 g/mol. The molecule has 4 heteroatoms. The minimum atomic E-state index is -0.340. The third kappa shape index (κ3) is 3.48. The molecule has 0 bridgehead atoms. The van der Waals surface area contributed by atoms with E-state index in [-0.39, 0.29) is 12.4 Å². The molecule has 0 heterocycles. The number of hydrogen-bond acceptors (Lipinski definition) is 3. The number of rotatable bonds is 5. The molecular weight excluding hydrogens is 257 g/mol. The molecule has 0 spiro atoms. The molecule has 0 aliphatic heterocycles. The van der Waals surface area contributed by atoms with Crippen molar-refractivity contribution < 1.29 is 14.2 Å². The summed E-state index contributed by atoms with van der Waals surface area (Å²) in [5, 5.41) is 9.12. The van der Waals surface area contributed by atoms with Gasteiger partial charge in [0.05, 0.1) is 13.7 Å². The molecule has 0 aromatic heterocycles. The van der Waals surface area contributed by atoms with E-state index in [0.29, 0.717) is 12.1 Å². The van der Waals surface area contributed by atoms with Gasteiger partial charge >= 0.3 is 0 Å². The molecule has 0 aliphatic rings. The molecule has 0 radical (unpaired) electrons. The van der Waals surface area contributed by atoms with Gasteiger partial charge in [-0.1, -0.05) is 12.1 Å². The second kappa shape index (κ2) is 6.39. The van der Waals surface area contributed by atoms with Crippen LogP contribution < -0.4 is 9.64 Å². The summed E-state index contributed by atoms with van der Waals surface area (Å²) in [5.41, 5.74) is 2.41. The molecule has 1 N–H and O–H groups in total. The summed E-state index contributed by atoms with van der Waals surface area (Å²) in [6.07, 6.45) is 0. The van der Waals surface area contributed by atoms with E-state index in [0.717, 1.165) is 17.0 Å². The van der Waals surface area contributed by atoms with Crippen molar-refractivity contribution in [3.05, 3.63) is 59.4 Å². The van der Waals surface area contributed by atoms with Gasteiger partial charge in [-0.05, 0) is 41.5 Å². The number of methoxy groups -OCH3 is 1.